The molecule has 3 aromatic carbocycles. The second-order valence-corrected chi connectivity index (χ2v) is 10.5. The Hall–Kier alpha value is -2.41. The Bertz CT molecular complexity index is 1260. The first-order valence-corrected chi connectivity index (χ1v) is 12.5. The normalized spacial score (nSPS) is 15.1. The van der Waals surface area contributed by atoms with Gasteiger partial charge in [-0.25, -0.2) is 8.42 Å². The second-order valence-electron chi connectivity index (χ2n) is 8.14. The van der Waals surface area contributed by atoms with E-state index in [0.29, 0.717) is 23.0 Å². The van der Waals surface area contributed by atoms with E-state index in [1.54, 1.807) is 16.4 Å². The number of carbonyl (C=O) groups is 1. The molecule has 3 aromatic rings. The van der Waals surface area contributed by atoms with Crippen molar-refractivity contribution in [2.45, 2.75) is 37.5 Å². The average Bonchev–Trinajstić information content (AvgIpc) is 2.80. The predicted octanol–water partition coefficient (Wildman–Crippen LogP) is 5.36. The summed E-state index contributed by atoms with van der Waals surface area (Å²) >= 11 is 6.29. The van der Waals surface area contributed by atoms with Gasteiger partial charge in [-0.3, -0.25) is 4.79 Å². The highest BCUT2D eigenvalue weighted by atomic mass is 35.5. The fraction of sp³-hybridized carbons (Fsp3) is 0.320. The quantitative estimate of drug-likeness (QED) is 0.470. The van der Waals surface area contributed by atoms with E-state index < -0.39 is 10.0 Å². The number of fused-ring (bicyclic) bond motifs is 1. The number of hydrogen-bond donors (Lipinski definition) is 0. The Kier molecular flexibility index (Phi) is 6.56. The molecule has 0 radical (unpaired) electrons. The molecule has 0 aromatic heterocycles. The van der Waals surface area contributed by atoms with Crippen molar-refractivity contribution in [3.8, 4) is 11.1 Å². The fourth-order valence-electron chi connectivity index (χ4n) is 4.36. The number of sulfonamides is 1. The smallest absolute Gasteiger partial charge is 0.309 e. The average molecular weight is 472 g/mol. The Morgan fingerprint density at radius 1 is 1.03 bits per heavy atom. The number of benzene rings is 3. The van der Waals surface area contributed by atoms with Crippen LogP contribution in [0.15, 0.2) is 53.4 Å². The Morgan fingerprint density at radius 3 is 2.38 bits per heavy atom. The molecule has 0 spiro atoms. The van der Waals surface area contributed by atoms with Gasteiger partial charge in [0.25, 0.3) is 0 Å². The molecule has 0 amide bonds. The number of esters is 1. The Balaban J connectivity index is 1.81. The standard InChI is InChI=1S/C25H26ClNO4S/c1-17-20(15-24(28)31-2)14-19-6-9-21(26)16-23(19)25(17)18-7-10-22(11-8-18)32(29,30)27-12-4-3-5-13-27/h6-11,14,16H,3-5,12-13,15H2,1-2H3. The van der Waals surface area contributed by atoms with Crippen LogP contribution >= 0.6 is 11.6 Å². The minimum Gasteiger partial charge on any atom is -0.469 e. The molecule has 0 aliphatic carbocycles. The van der Waals surface area contributed by atoms with E-state index >= 15 is 0 Å². The summed E-state index contributed by atoms with van der Waals surface area (Å²) in [6.07, 6.45) is 3.03. The molecular formula is C25H26ClNO4S. The van der Waals surface area contributed by atoms with Crippen LogP contribution in [-0.4, -0.2) is 38.9 Å². The minimum absolute atomic E-state index is 0.162. The van der Waals surface area contributed by atoms with E-state index in [2.05, 4.69) is 0 Å². The first-order valence-electron chi connectivity index (χ1n) is 10.7. The zero-order valence-corrected chi connectivity index (χ0v) is 19.8. The van der Waals surface area contributed by atoms with Gasteiger partial charge < -0.3 is 4.74 Å². The molecule has 1 fully saturated rings. The van der Waals surface area contributed by atoms with Gasteiger partial charge in [-0.1, -0.05) is 42.3 Å². The van der Waals surface area contributed by atoms with E-state index in [9.17, 15) is 13.2 Å². The number of carbonyl (C=O) groups excluding carboxylic acids is 1. The van der Waals surface area contributed by atoms with E-state index in [-0.39, 0.29) is 12.4 Å². The van der Waals surface area contributed by atoms with Crippen molar-refractivity contribution in [1.29, 1.82) is 0 Å². The van der Waals surface area contributed by atoms with Crippen molar-refractivity contribution in [3.05, 3.63) is 64.7 Å². The number of ether oxygens (including phenoxy) is 1. The first kappa shape index (κ1) is 22.8. The molecule has 7 heteroatoms. The molecule has 0 atom stereocenters. The summed E-state index contributed by atoms with van der Waals surface area (Å²) in [7, 11) is -2.12. The third-order valence-corrected chi connectivity index (χ3v) is 8.28. The van der Waals surface area contributed by atoms with Crippen LogP contribution in [0, 0.1) is 6.92 Å². The maximum atomic E-state index is 13.0. The van der Waals surface area contributed by atoms with Gasteiger partial charge in [0.2, 0.25) is 10.0 Å². The van der Waals surface area contributed by atoms with Crippen molar-refractivity contribution >= 4 is 38.4 Å². The molecule has 0 N–H and O–H groups in total. The van der Waals surface area contributed by atoms with Gasteiger partial charge in [-0.05, 0) is 77.1 Å². The molecule has 1 saturated heterocycles. The van der Waals surface area contributed by atoms with Crippen LogP contribution in [0.1, 0.15) is 30.4 Å². The molecular weight excluding hydrogens is 446 g/mol. The zero-order chi connectivity index (χ0) is 22.9. The third kappa shape index (κ3) is 4.40. The molecule has 32 heavy (non-hydrogen) atoms. The molecule has 0 unspecified atom stereocenters. The van der Waals surface area contributed by atoms with E-state index in [1.165, 1.54) is 7.11 Å². The maximum Gasteiger partial charge on any atom is 0.309 e. The van der Waals surface area contributed by atoms with Crippen molar-refractivity contribution in [1.82, 2.24) is 4.31 Å². The van der Waals surface area contributed by atoms with Crippen LogP contribution in [-0.2, 0) is 26.0 Å². The zero-order valence-electron chi connectivity index (χ0n) is 18.2. The van der Waals surface area contributed by atoms with Crippen LogP contribution in [0.5, 0.6) is 0 Å². The van der Waals surface area contributed by atoms with Crippen molar-refractivity contribution < 1.29 is 17.9 Å². The summed E-state index contributed by atoms with van der Waals surface area (Å²) in [5.41, 5.74) is 3.62. The lowest BCUT2D eigenvalue weighted by Crippen LogP contribution is -2.35. The summed E-state index contributed by atoms with van der Waals surface area (Å²) in [6.45, 7) is 3.11. The van der Waals surface area contributed by atoms with Gasteiger partial charge in [0, 0.05) is 18.1 Å². The van der Waals surface area contributed by atoms with Crippen LogP contribution in [0.25, 0.3) is 21.9 Å². The molecule has 4 rings (SSSR count). The SMILES string of the molecule is COC(=O)Cc1cc2ccc(Cl)cc2c(-c2ccc(S(=O)(=O)N3CCCCC3)cc2)c1C. The lowest BCUT2D eigenvalue weighted by atomic mass is 9.89. The summed E-state index contributed by atoms with van der Waals surface area (Å²) in [5.74, 6) is -0.310. The maximum absolute atomic E-state index is 13.0. The fourth-order valence-corrected chi connectivity index (χ4v) is 6.05. The molecule has 1 heterocycles. The molecule has 5 nitrogen and oxygen atoms in total. The highest BCUT2D eigenvalue weighted by Gasteiger charge is 2.26. The number of nitrogens with zero attached hydrogens (tertiary/aromatic N) is 1. The van der Waals surface area contributed by atoms with Gasteiger partial charge in [0.1, 0.15) is 0 Å². The van der Waals surface area contributed by atoms with Crippen LogP contribution in [0.3, 0.4) is 0 Å². The number of halogens is 1. The monoisotopic (exact) mass is 471 g/mol. The van der Waals surface area contributed by atoms with Gasteiger partial charge in [0.05, 0.1) is 18.4 Å². The highest BCUT2D eigenvalue weighted by Crippen LogP contribution is 2.36. The summed E-state index contributed by atoms with van der Waals surface area (Å²) in [5, 5.41) is 2.53. The van der Waals surface area contributed by atoms with Gasteiger partial charge >= 0.3 is 5.97 Å². The van der Waals surface area contributed by atoms with Crippen LogP contribution < -0.4 is 0 Å². The Labute approximate surface area is 194 Å². The molecule has 0 saturated carbocycles. The van der Waals surface area contributed by atoms with Crippen molar-refractivity contribution in [2.75, 3.05) is 20.2 Å². The van der Waals surface area contributed by atoms with Gasteiger partial charge in [0.15, 0.2) is 0 Å². The number of methoxy groups -OCH3 is 1. The van der Waals surface area contributed by atoms with E-state index in [1.807, 2.05) is 43.3 Å². The van der Waals surface area contributed by atoms with Gasteiger partial charge in [-0.15, -0.1) is 0 Å². The molecule has 168 valence electrons. The lowest BCUT2D eigenvalue weighted by molar-refractivity contribution is -0.139. The third-order valence-electron chi connectivity index (χ3n) is 6.13. The predicted molar refractivity (Wildman–Crippen MR) is 127 cm³/mol. The molecule has 1 aliphatic heterocycles. The minimum atomic E-state index is -3.50. The highest BCUT2D eigenvalue weighted by molar-refractivity contribution is 7.89. The largest absolute Gasteiger partial charge is 0.469 e. The number of rotatable bonds is 5. The van der Waals surface area contributed by atoms with Gasteiger partial charge in [-0.2, -0.15) is 4.31 Å². The number of piperidine rings is 1. The first-order chi connectivity index (χ1) is 15.3. The van der Waals surface area contributed by atoms with E-state index in [0.717, 1.165) is 52.3 Å². The number of hydrogen-bond acceptors (Lipinski definition) is 4. The van der Waals surface area contributed by atoms with Crippen LogP contribution in [0.4, 0.5) is 0 Å². The summed E-state index contributed by atoms with van der Waals surface area (Å²) < 4.78 is 32.5. The van der Waals surface area contributed by atoms with Crippen molar-refractivity contribution in [2.24, 2.45) is 0 Å². The summed E-state index contributed by atoms with van der Waals surface area (Å²) in [4.78, 5) is 12.3. The lowest BCUT2D eigenvalue weighted by Gasteiger charge is -2.26. The topological polar surface area (TPSA) is 63.7 Å². The van der Waals surface area contributed by atoms with Crippen molar-refractivity contribution in [3.63, 3.8) is 0 Å². The summed E-state index contributed by atoms with van der Waals surface area (Å²) in [6, 6.07) is 14.6. The van der Waals surface area contributed by atoms with E-state index in [4.69, 9.17) is 16.3 Å². The van der Waals surface area contributed by atoms with Crippen LogP contribution in [0.2, 0.25) is 5.02 Å². The Morgan fingerprint density at radius 2 is 1.72 bits per heavy atom. The second kappa shape index (κ2) is 9.22. The molecule has 0 bridgehead atoms. The molecule has 1 aliphatic rings.